The molecule has 0 aliphatic carbocycles. The van der Waals surface area contributed by atoms with Crippen molar-refractivity contribution in [3.05, 3.63) is 64.4 Å². The number of fused-ring (bicyclic) bond motifs is 1. The lowest BCUT2D eigenvalue weighted by atomic mass is 10.2. The number of thioether (sulfide) groups is 1. The highest BCUT2D eigenvalue weighted by Crippen LogP contribution is 2.23. The minimum absolute atomic E-state index is 0.103. The Balaban J connectivity index is 1.76. The summed E-state index contributed by atoms with van der Waals surface area (Å²) in [5.41, 5.74) is 1.42. The van der Waals surface area contributed by atoms with Gasteiger partial charge in [-0.2, -0.15) is 0 Å². The van der Waals surface area contributed by atoms with Gasteiger partial charge in [-0.05, 0) is 45.4 Å². The second-order valence-corrected chi connectivity index (χ2v) is 9.24. The molecule has 8 heteroatoms. The third-order valence-corrected chi connectivity index (χ3v) is 6.19. The van der Waals surface area contributed by atoms with E-state index in [1.807, 2.05) is 63.2 Å². The lowest BCUT2D eigenvalue weighted by molar-refractivity contribution is -0.120. The Kier molecular flexibility index (Phi) is 8.91. The first-order valence-corrected chi connectivity index (χ1v) is 12.0. The van der Waals surface area contributed by atoms with E-state index in [2.05, 4.69) is 5.32 Å². The summed E-state index contributed by atoms with van der Waals surface area (Å²) in [5.74, 6) is 0.592. The van der Waals surface area contributed by atoms with Crippen LogP contribution in [0.1, 0.15) is 32.8 Å². The maximum absolute atomic E-state index is 13.2. The number of hydrogen-bond acceptors (Lipinski definition) is 6. The Labute approximate surface area is 198 Å². The van der Waals surface area contributed by atoms with E-state index in [-0.39, 0.29) is 17.6 Å². The molecule has 1 N–H and O–H groups in total. The summed E-state index contributed by atoms with van der Waals surface area (Å²) in [5, 5.41) is 3.62. The maximum Gasteiger partial charge on any atom is 0.262 e. The van der Waals surface area contributed by atoms with Crippen LogP contribution in [0.15, 0.2) is 58.5 Å². The summed E-state index contributed by atoms with van der Waals surface area (Å²) < 4.78 is 12.6. The smallest absolute Gasteiger partial charge is 0.262 e. The monoisotopic (exact) mass is 469 g/mol. The number of para-hydroxylation sites is 2. The molecule has 1 amide bonds. The molecular formula is C25H31N3O4S. The number of aromatic nitrogens is 2. The lowest BCUT2D eigenvalue weighted by Crippen LogP contribution is -2.32. The molecular weight excluding hydrogens is 438 g/mol. The summed E-state index contributed by atoms with van der Waals surface area (Å²) in [4.78, 5) is 30.7. The van der Waals surface area contributed by atoms with Gasteiger partial charge in [0.05, 0.1) is 29.4 Å². The van der Waals surface area contributed by atoms with Gasteiger partial charge in [0, 0.05) is 25.3 Å². The molecule has 3 rings (SSSR count). The quantitative estimate of drug-likeness (QED) is 0.260. The van der Waals surface area contributed by atoms with Gasteiger partial charge in [-0.1, -0.05) is 42.1 Å². The zero-order chi connectivity index (χ0) is 23.8. The Hall–Kier alpha value is -2.84. The predicted octanol–water partition coefficient (Wildman–Crippen LogP) is 4.02. The van der Waals surface area contributed by atoms with E-state index in [0.717, 1.165) is 11.3 Å². The Morgan fingerprint density at radius 3 is 2.61 bits per heavy atom. The summed E-state index contributed by atoms with van der Waals surface area (Å²) in [7, 11) is 1.61. The van der Waals surface area contributed by atoms with Gasteiger partial charge in [-0.15, -0.1) is 0 Å². The van der Waals surface area contributed by atoms with Gasteiger partial charge in [-0.3, -0.25) is 14.2 Å². The van der Waals surface area contributed by atoms with Crippen LogP contribution in [0.2, 0.25) is 0 Å². The SMILES string of the molecule is COc1ccccc1CNC(=O)C(C)Sc1nc2ccccc2c(=O)n1CCCOC(C)C. The Morgan fingerprint density at radius 2 is 1.85 bits per heavy atom. The van der Waals surface area contributed by atoms with Crippen LogP contribution in [-0.4, -0.2) is 40.5 Å². The largest absolute Gasteiger partial charge is 0.496 e. The Morgan fingerprint density at radius 1 is 1.12 bits per heavy atom. The number of methoxy groups -OCH3 is 1. The number of nitrogens with zero attached hydrogens (tertiary/aromatic N) is 2. The van der Waals surface area contributed by atoms with Crippen LogP contribution in [0.3, 0.4) is 0 Å². The highest BCUT2D eigenvalue weighted by atomic mass is 32.2. The summed E-state index contributed by atoms with van der Waals surface area (Å²) in [6.07, 6.45) is 0.817. The molecule has 0 fully saturated rings. The highest BCUT2D eigenvalue weighted by molar-refractivity contribution is 8.00. The normalized spacial score (nSPS) is 12.2. The molecule has 7 nitrogen and oxygen atoms in total. The van der Waals surface area contributed by atoms with E-state index in [4.69, 9.17) is 14.5 Å². The molecule has 3 aromatic rings. The van der Waals surface area contributed by atoms with E-state index in [1.54, 1.807) is 17.7 Å². The summed E-state index contributed by atoms with van der Waals surface area (Å²) >= 11 is 1.28. The van der Waals surface area contributed by atoms with Gasteiger partial charge < -0.3 is 14.8 Å². The molecule has 2 aromatic carbocycles. The van der Waals surface area contributed by atoms with Crippen LogP contribution in [0, 0.1) is 0 Å². The van der Waals surface area contributed by atoms with E-state index in [0.29, 0.717) is 42.2 Å². The van der Waals surface area contributed by atoms with Crippen molar-refractivity contribution in [1.29, 1.82) is 0 Å². The number of amides is 1. The zero-order valence-electron chi connectivity index (χ0n) is 19.5. The molecule has 0 bridgehead atoms. The van der Waals surface area contributed by atoms with Crippen LogP contribution >= 0.6 is 11.8 Å². The third-order valence-electron chi connectivity index (χ3n) is 5.10. The van der Waals surface area contributed by atoms with Crippen LogP contribution in [0.4, 0.5) is 0 Å². The second kappa shape index (κ2) is 11.9. The number of hydrogen-bond donors (Lipinski definition) is 1. The number of rotatable bonds is 11. The molecule has 0 aliphatic heterocycles. The van der Waals surface area contributed by atoms with Crippen LogP contribution in [0.5, 0.6) is 5.75 Å². The van der Waals surface area contributed by atoms with Crippen molar-refractivity contribution in [2.75, 3.05) is 13.7 Å². The summed E-state index contributed by atoms with van der Waals surface area (Å²) in [6, 6.07) is 14.9. The van der Waals surface area contributed by atoms with Crippen molar-refractivity contribution in [1.82, 2.24) is 14.9 Å². The van der Waals surface area contributed by atoms with E-state index < -0.39 is 5.25 Å². The van der Waals surface area contributed by atoms with Crippen LogP contribution in [-0.2, 0) is 22.6 Å². The topological polar surface area (TPSA) is 82.5 Å². The van der Waals surface area contributed by atoms with Gasteiger partial charge in [0.25, 0.3) is 5.56 Å². The van der Waals surface area contributed by atoms with Crippen LogP contribution < -0.4 is 15.6 Å². The van der Waals surface area contributed by atoms with Gasteiger partial charge in [0.15, 0.2) is 5.16 Å². The number of nitrogens with one attached hydrogen (secondary N) is 1. The number of benzene rings is 2. The molecule has 33 heavy (non-hydrogen) atoms. The molecule has 1 heterocycles. The van der Waals surface area contributed by atoms with Crippen molar-refractivity contribution in [2.45, 2.75) is 56.8 Å². The Bertz CT molecular complexity index is 1150. The van der Waals surface area contributed by atoms with Crippen LogP contribution in [0.25, 0.3) is 10.9 Å². The lowest BCUT2D eigenvalue weighted by Gasteiger charge is -2.17. The highest BCUT2D eigenvalue weighted by Gasteiger charge is 2.19. The van der Waals surface area contributed by atoms with Crippen molar-refractivity contribution < 1.29 is 14.3 Å². The van der Waals surface area contributed by atoms with Crippen molar-refractivity contribution in [2.24, 2.45) is 0 Å². The molecule has 176 valence electrons. The summed E-state index contributed by atoms with van der Waals surface area (Å²) in [6.45, 7) is 7.16. The minimum atomic E-state index is -0.439. The van der Waals surface area contributed by atoms with Gasteiger partial charge in [-0.25, -0.2) is 4.98 Å². The third kappa shape index (κ3) is 6.58. The van der Waals surface area contributed by atoms with Gasteiger partial charge in [0.1, 0.15) is 5.75 Å². The zero-order valence-corrected chi connectivity index (χ0v) is 20.4. The first-order valence-electron chi connectivity index (χ1n) is 11.1. The fourth-order valence-electron chi connectivity index (χ4n) is 3.36. The number of carbonyl (C=O) groups excluding carboxylic acids is 1. The standard InChI is InChI=1S/C25H31N3O4S/c1-17(2)32-15-9-14-28-24(30)20-11-6-7-12-21(20)27-25(28)33-18(3)23(29)26-16-19-10-5-8-13-22(19)31-4/h5-8,10-13,17-18H,9,14-16H2,1-4H3,(H,26,29). The molecule has 0 aliphatic rings. The first kappa shape index (κ1) is 24.8. The first-order chi connectivity index (χ1) is 15.9. The average molecular weight is 470 g/mol. The van der Waals surface area contributed by atoms with Crippen molar-refractivity contribution in [3.8, 4) is 5.75 Å². The molecule has 0 saturated heterocycles. The fourth-order valence-corrected chi connectivity index (χ4v) is 4.32. The maximum atomic E-state index is 13.2. The van der Waals surface area contributed by atoms with E-state index >= 15 is 0 Å². The van der Waals surface area contributed by atoms with E-state index in [1.165, 1.54) is 11.8 Å². The van der Waals surface area contributed by atoms with Gasteiger partial charge in [0.2, 0.25) is 5.91 Å². The van der Waals surface area contributed by atoms with Crippen molar-refractivity contribution >= 4 is 28.6 Å². The molecule has 1 unspecified atom stereocenters. The number of carbonyl (C=O) groups is 1. The fraction of sp³-hybridized carbons (Fsp3) is 0.400. The van der Waals surface area contributed by atoms with Gasteiger partial charge >= 0.3 is 0 Å². The molecule has 0 radical (unpaired) electrons. The molecule has 0 saturated carbocycles. The van der Waals surface area contributed by atoms with Crippen molar-refractivity contribution in [3.63, 3.8) is 0 Å². The van der Waals surface area contributed by atoms with E-state index in [9.17, 15) is 9.59 Å². The predicted molar refractivity (Wildman–Crippen MR) is 132 cm³/mol. The average Bonchev–Trinajstić information content (AvgIpc) is 2.81. The number of ether oxygens (including phenoxy) is 2. The molecule has 1 atom stereocenters. The molecule has 0 spiro atoms. The minimum Gasteiger partial charge on any atom is -0.496 e. The second-order valence-electron chi connectivity index (χ2n) is 7.93. The molecule has 1 aromatic heterocycles.